The second-order valence-corrected chi connectivity index (χ2v) is 7.17. The zero-order chi connectivity index (χ0) is 19.1. The first-order chi connectivity index (χ1) is 13.1. The van der Waals surface area contributed by atoms with Crippen LogP contribution < -0.4 is 11.1 Å². The number of rotatable bonds is 7. The van der Waals surface area contributed by atoms with E-state index in [1.54, 1.807) is 0 Å². The molecule has 3 rings (SSSR count). The Hall–Kier alpha value is -2.66. The van der Waals surface area contributed by atoms with Gasteiger partial charge in [-0.1, -0.05) is 60.7 Å². The number of benzene rings is 2. The fourth-order valence-corrected chi connectivity index (χ4v) is 3.67. The monoisotopic (exact) mass is 365 g/mol. The van der Waals surface area contributed by atoms with Crippen LogP contribution in [0.2, 0.25) is 0 Å². The minimum absolute atomic E-state index is 0.145. The molecule has 1 heterocycles. The van der Waals surface area contributed by atoms with Gasteiger partial charge >= 0.3 is 0 Å². The normalized spacial score (nSPS) is 16.6. The van der Waals surface area contributed by atoms with Crippen LogP contribution in [0.5, 0.6) is 0 Å². The van der Waals surface area contributed by atoms with E-state index in [9.17, 15) is 9.59 Å². The first kappa shape index (κ1) is 19.1. The molecule has 2 amide bonds. The molecule has 1 saturated heterocycles. The van der Waals surface area contributed by atoms with Crippen LogP contribution in [0.25, 0.3) is 0 Å². The smallest absolute Gasteiger partial charge is 0.240 e. The summed E-state index contributed by atoms with van der Waals surface area (Å²) in [7, 11) is 0. The molecule has 0 saturated carbocycles. The van der Waals surface area contributed by atoms with Gasteiger partial charge in [0.2, 0.25) is 11.8 Å². The number of nitrogens with zero attached hydrogens (tertiary/aromatic N) is 1. The molecule has 0 bridgehead atoms. The summed E-state index contributed by atoms with van der Waals surface area (Å²) in [6.45, 7) is 2.07. The number of likely N-dealkylation sites (tertiary alicyclic amines) is 1. The maximum Gasteiger partial charge on any atom is 0.240 e. The number of hydrogen-bond acceptors (Lipinski definition) is 3. The van der Waals surface area contributed by atoms with Crippen molar-refractivity contribution in [2.75, 3.05) is 19.6 Å². The van der Waals surface area contributed by atoms with Gasteiger partial charge in [0.15, 0.2) is 0 Å². The SMILES string of the molecule is NC(=O)[C@H](Cc1ccccc1)NC(=O)CN1CCC(c2ccccc2)CC1. The molecule has 1 fully saturated rings. The number of piperidine rings is 1. The topological polar surface area (TPSA) is 75.4 Å². The van der Waals surface area contributed by atoms with E-state index in [2.05, 4.69) is 34.5 Å². The van der Waals surface area contributed by atoms with Crippen LogP contribution in [0.4, 0.5) is 0 Å². The average Bonchev–Trinajstić information content (AvgIpc) is 2.69. The quantitative estimate of drug-likeness (QED) is 0.789. The lowest BCUT2D eigenvalue weighted by Gasteiger charge is -2.32. The maximum absolute atomic E-state index is 12.4. The summed E-state index contributed by atoms with van der Waals surface area (Å²) in [6.07, 6.45) is 2.50. The minimum atomic E-state index is -0.679. The van der Waals surface area contributed by atoms with Gasteiger partial charge in [-0.05, 0) is 43.0 Å². The summed E-state index contributed by atoms with van der Waals surface area (Å²) in [5.41, 5.74) is 7.83. The summed E-state index contributed by atoms with van der Waals surface area (Å²) in [5, 5.41) is 2.80. The van der Waals surface area contributed by atoms with Crippen molar-refractivity contribution in [3.05, 3.63) is 71.8 Å². The van der Waals surface area contributed by atoms with E-state index in [1.807, 2.05) is 36.4 Å². The van der Waals surface area contributed by atoms with Gasteiger partial charge in [-0.3, -0.25) is 14.5 Å². The third-order valence-electron chi connectivity index (χ3n) is 5.19. The molecule has 5 heteroatoms. The number of carbonyl (C=O) groups is 2. The number of nitrogens with two attached hydrogens (primary N) is 1. The van der Waals surface area contributed by atoms with Gasteiger partial charge < -0.3 is 11.1 Å². The summed E-state index contributed by atoms with van der Waals surface area (Å²) in [4.78, 5) is 26.3. The Morgan fingerprint density at radius 1 is 1.00 bits per heavy atom. The number of amides is 2. The molecule has 5 nitrogen and oxygen atoms in total. The Labute approximate surface area is 160 Å². The second kappa shape index (κ2) is 9.33. The summed E-state index contributed by atoms with van der Waals surface area (Å²) in [5.74, 6) is -0.0927. The third kappa shape index (κ3) is 5.66. The van der Waals surface area contributed by atoms with Crippen LogP contribution >= 0.6 is 0 Å². The van der Waals surface area contributed by atoms with Crippen molar-refractivity contribution in [3.8, 4) is 0 Å². The van der Waals surface area contributed by atoms with Crippen LogP contribution in [0, 0.1) is 0 Å². The van der Waals surface area contributed by atoms with Crippen LogP contribution in [0.1, 0.15) is 29.9 Å². The van der Waals surface area contributed by atoms with Crippen molar-refractivity contribution in [1.29, 1.82) is 0 Å². The van der Waals surface area contributed by atoms with Crippen LogP contribution in [0.15, 0.2) is 60.7 Å². The van der Waals surface area contributed by atoms with Gasteiger partial charge in [0, 0.05) is 6.42 Å². The highest BCUT2D eigenvalue weighted by Crippen LogP contribution is 2.27. The molecule has 27 heavy (non-hydrogen) atoms. The molecule has 1 aliphatic heterocycles. The minimum Gasteiger partial charge on any atom is -0.368 e. The largest absolute Gasteiger partial charge is 0.368 e. The lowest BCUT2D eigenvalue weighted by Crippen LogP contribution is -2.49. The van der Waals surface area contributed by atoms with Crippen molar-refractivity contribution in [1.82, 2.24) is 10.2 Å². The molecule has 3 N–H and O–H groups in total. The Morgan fingerprint density at radius 3 is 2.19 bits per heavy atom. The van der Waals surface area contributed by atoms with E-state index >= 15 is 0 Å². The van der Waals surface area contributed by atoms with E-state index < -0.39 is 11.9 Å². The van der Waals surface area contributed by atoms with Gasteiger partial charge in [0.25, 0.3) is 0 Å². The third-order valence-corrected chi connectivity index (χ3v) is 5.19. The number of primary amides is 1. The maximum atomic E-state index is 12.4. The van der Waals surface area contributed by atoms with Gasteiger partial charge in [-0.2, -0.15) is 0 Å². The van der Waals surface area contributed by atoms with E-state index in [4.69, 9.17) is 5.73 Å². The summed E-state index contributed by atoms with van der Waals surface area (Å²) in [6, 6.07) is 19.4. The molecule has 2 aromatic carbocycles. The Balaban J connectivity index is 1.48. The van der Waals surface area contributed by atoms with Crippen molar-refractivity contribution in [3.63, 3.8) is 0 Å². The second-order valence-electron chi connectivity index (χ2n) is 7.17. The molecule has 142 valence electrons. The molecule has 0 unspecified atom stereocenters. The van der Waals surface area contributed by atoms with Crippen LogP contribution in [0.3, 0.4) is 0 Å². The van der Waals surface area contributed by atoms with Gasteiger partial charge in [0.1, 0.15) is 6.04 Å². The van der Waals surface area contributed by atoms with E-state index in [1.165, 1.54) is 5.56 Å². The standard InChI is InChI=1S/C22H27N3O2/c23-22(27)20(15-17-7-3-1-4-8-17)24-21(26)16-25-13-11-19(12-14-25)18-9-5-2-6-10-18/h1-10,19-20H,11-16H2,(H2,23,27)(H,24,26)/t20-/m0/s1. The van der Waals surface area contributed by atoms with Crippen molar-refractivity contribution in [2.45, 2.75) is 31.2 Å². The molecule has 1 atom stereocenters. The molecular formula is C22H27N3O2. The van der Waals surface area contributed by atoms with Gasteiger partial charge in [-0.15, -0.1) is 0 Å². The van der Waals surface area contributed by atoms with E-state index in [0.29, 0.717) is 18.9 Å². The zero-order valence-corrected chi connectivity index (χ0v) is 15.5. The zero-order valence-electron chi connectivity index (χ0n) is 15.5. The molecule has 0 aliphatic carbocycles. The summed E-state index contributed by atoms with van der Waals surface area (Å²) >= 11 is 0. The number of nitrogens with one attached hydrogen (secondary N) is 1. The van der Waals surface area contributed by atoms with Crippen molar-refractivity contribution < 1.29 is 9.59 Å². The fourth-order valence-electron chi connectivity index (χ4n) is 3.67. The summed E-state index contributed by atoms with van der Waals surface area (Å²) < 4.78 is 0. The van der Waals surface area contributed by atoms with Crippen LogP contribution in [-0.2, 0) is 16.0 Å². The molecule has 0 aromatic heterocycles. The van der Waals surface area contributed by atoms with E-state index in [-0.39, 0.29) is 5.91 Å². The lowest BCUT2D eigenvalue weighted by molar-refractivity contribution is -0.128. The van der Waals surface area contributed by atoms with E-state index in [0.717, 1.165) is 31.5 Å². The highest BCUT2D eigenvalue weighted by atomic mass is 16.2. The molecule has 1 aliphatic rings. The Kier molecular flexibility index (Phi) is 6.60. The fraction of sp³-hybridized carbons (Fsp3) is 0.364. The molecule has 0 spiro atoms. The predicted octanol–water partition coefficient (Wildman–Crippen LogP) is 2.08. The Morgan fingerprint density at radius 2 is 1.59 bits per heavy atom. The Bertz CT molecular complexity index is 741. The average molecular weight is 365 g/mol. The van der Waals surface area contributed by atoms with Crippen molar-refractivity contribution >= 4 is 11.8 Å². The highest BCUT2D eigenvalue weighted by molar-refractivity contribution is 5.87. The van der Waals surface area contributed by atoms with Gasteiger partial charge in [-0.25, -0.2) is 0 Å². The first-order valence-electron chi connectivity index (χ1n) is 9.51. The first-order valence-corrected chi connectivity index (χ1v) is 9.51. The molecular weight excluding hydrogens is 338 g/mol. The van der Waals surface area contributed by atoms with Gasteiger partial charge in [0.05, 0.1) is 6.54 Å². The number of hydrogen-bond donors (Lipinski definition) is 2. The van der Waals surface area contributed by atoms with Crippen LogP contribution in [-0.4, -0.2) is 42.4 Å². The number of carbonyl (C=O) groups excluding carboxylic acids is 2. The molecule has 0 radical (unpaired) electrons. The predicted molar refractivity (Wildman–Crippen MR) is 106 cm³/mol. The lowest BCUT2D eigenvalue weighted by atomic mass is 9.89. The highest BCUT2D eigenvalue weighted by Gasteiger charge is 2.24. The molecule has 2 aromatic rings. The van der Waals surface area contributed by atoms with Crippen molar-refractivity contribution in [2.24, 2.45) is 5.73 Å².